The molecular weight excluding hydrogens is 350 g/mol. The van der Waals surface area contributed by atoms with Gasteiger partial charge in [-0.3, -0.25) is 0 Å². The van der Waals surface area contributed by atoms with E-state index in [1.165, 1.54) is 49.7 Å². The van der Waals surface area contributed by atoms with Crippen LogP contribution in [0, 0.1) is 6.92 Å². The number of hydrogen-bond donors (Lipinski definition) is 0. The molecule has 1 heteroatoms. The highest BCUT2D eigenvalue weighted by molar-refractivity contribution is 6.10. The van der Waals surface area contributed by atoms with Crippen LogP contribution in [0.4, 0.5) is 0 Å². The SMILES string of the molecule is Cc1cccc(-n2c3ccccc3c3cc(-c4ccc(C(C)C)cc4)ccc32)c1. The molecule has 0 fully saturated rings. The molecular formula is C28H25N. The molecule has 0 aliphatic carbocycles. The first-order valence-electron chi connectivity index (χ1n) is 10.3. The molecule has 0 amide bonds. The second-order valence-electron chi connectivity index (χ2n) is 8.20. The molecule has 0 saturated heterocycles. The summed E-state index contributed by atoms with van der Waals surface area (Å²) in [7, 11) is 0. The molecule has 0 atom stereocenters. The first kappa shape index (κ1) is 17.8. The summed E-state index contributed by atoms with van der Waals surface area (Å²) in [5, 5.41) is 2.59. The zero-order valence-corrected chi connectivity index (χ0v) is 17.2. The van der Waals surface area contributed by atoms with Gasteiger partial charge in [0.15, 0.2) is 0 Å². The van der Waals surface area contributed by atoms with Crippen molar-refractivity contribution in [2.24, 2.45) is 0 Å². The number of benzene rings is 4. The molecule has 1 heterocycles. The molecule has 0 N–H and O–H groups in total. The second kappa shape index (κ2) is 6.93. The monoisotopic (exact) mass is 375 g/mol. The van der Waals surface area contributed by atoms with Crippen molar-refractivity contribution in [1.29, 1.82) is 0 Å². The first-order valence-corrected chi connectivity index (χ1v) is 10.3. The molecule has 142 valence electrons. The van der Waals surface area contributed by atoms with Gasteiger partial charge in [0, 0.05) is 16.5 Å². The van der Waals surface area contributed by atoms with Crippen molar-refractivity contribution in [3.05, 3.63) is 102 Å². The third-order valence-corrected chi connectivity index (χ3v) is 5.84. The fraction of sp³-hybridized carbons (Fsp3) is 0.143. The Labute approximate surface area is 172 Å². The molecule has 1 aromatic heterocycles. The zero-order chi connectivity index (χ0) is 20.0. The summed E-state index contributed by atoms with van der Waals surface area (Å²) in [5.41, 5.74) is 8.90. The fourth-order valence-electron chi connectivity index (χ4n) is 4.26. The van der Waals surface area contributed by atoms with Gasteiger partial charge in [0.05, 0.1) is 11.0 Å². The number of hydrogen-bond acceptors (Lipinski definition) is 0. The Kier molecular flexibility index (Phi) is 4.24. The summed E-state index contributed by atoms with van der Waals surface area (Å²) in [4.78, 5) is 0. The summed E-state index contributed by atoms with van der Waals surface area (Å²) >= 11 is 0. The lowest BCUT2D eigenvalue weighted by Crippen LogP contribution is -1.94. The number of aromatic nitrogens is 1. The molecule has 5 rings (SSSR count). The largest absolute Gasteiger partial charge is 0.309 e. The highest BCUT2D eigenvalue weighted by Crippen LogP contribution is 2.35. The maximum atomic E-state index is 2.38. The Morgan fingerprint density at radius 3 is 2.10 bits per heavy atom. The van der Waals surface area contributed by atoms with E-state index in [4.69, 9.17) is 0 Å². The van der Waals surface area contributed by atoms with Crippen LogP contribution >= 0.6 is 0 Å². The maximum Gasteiger partial charge on any atom is 0.0541 e. The quantitative estimate of drug-likeness (QED) is 0.302. The Morgan fingerprint density at radius 2 is 1.34 bits per heavy atom. The van der Waals surface area contributed by atoms with E-state index in [2.05, 4.69) is 116 Å². The van der Waals surface area contributed by atoms with Gasteiger partial charge in [0.1, 0.15) is 0 Å². The Hall–Kier alpha value is -3.32. The van der Waals surface area contributed by atoms with E-state index in [1.54, 1.807) is 0 Å². The van der Waals surface area contributed by atoms with Gasteiger partial charge in [0.25, 0.3) is 0 Å². The fourth-order valence-corrected chi connectivity index (χ4v) is 4.26. The highest BCUT2D eigenvalue weighted by Gasteiger charge is 2.13. The molecule has 0 radical (unpaired) electrons. The topological polar surface area (TPSA) is 4.93 Å². The minimum atomic E-state index is 0.554. The number of aryl methyl sites for hydroxylation is 1. The van der Waals surface area contributed by atoms with Gasteiger partial charge in [-0.25, -0.2) is 0 Å². The van der Waals surface area contributed by atoms with E-state index in [0.717, 1.165) is 0 Å². The van der Waals surface area contributed by atoms with Gasteiger partial charge in [-0.1, -0.05) is 74.5 Å². The number of rotatable bonds is 3. The molecule has 0 aliphatic heterocycles. The van der Waals surface area contributed by atoms with Crippen molar-refractivity contribution in [1.82, 2.24) is 4.57 Å². The average molecular weight is 376 g/mol. The second-order valence-corrected chi connectivity index (χ2v) is 8.20. The summed E-state index contributed by atoms with van der Waals surface area (Å²) in [6.07, 6.45) is 0. The molecule has 0 spiro atoms. The normalized spacial score (nSPS) is 11.6. The summed E-state index contributed by atoms with van der Waals surface area (Å²) in [5.74, 6) is 0.554. The molecule has 0 saturated carbocycles. The van der Waals surface area contributed by atoms with E-state index in [-0.39, 0.29) is 0 Å². The minimum absolute atomic E-state index is 0.554. The summed E-state index contributed by atoms with van der Waals surface area (Å²) < 4.78 is 2.38. The van der Waals surface area contributed by atoms with Crippen molar-refractivity contribution < 1.29 is 0 Å². The lowest BCUT2D eigenvalue weighted by atomic mass is 9.98. The van der Waals surface area contributed by atoms with Crippen LogP contribution in [-0.4, -0.2) is 4.57 Å². The smallest absolute Gasteiger partial charge is 0.0541 e. The molecule has 1 nitrogen and oxygen atoms in total. The standard InChI is InChI=1S/C28H25N/c1-19(2)21-11-13-22(14-12-21)23-15-16-28-26(18-23)25-9-4-5-10-27(25)29(28)24-8-6-7-20(3)17-24/h4-19H,1-3H3. The van der Waals surface area contributed by atoms with Crippen LogP contribution in [0.3, 0.4) is 0 Å². The molecule has 4 aromatic carbocycles. The van der Waals surface area contributed by atoms with Gasteiger partial charge in [0.2, 0.25) is 0 Å². The number of para-hydroxylation sites is 1. The summed E-state index contributed by atoms with van der Waals surface area (Å²) in [6, 6.07) is 33.3. The van der Waals surface area contributed by atoms with Gasteiger partial charge in [-0.05, 0) is 65.4 Å². The lowest BCUT2D eigenvalue weighted by Gasteiger charge is -2.10. The van der Waals surface area contributed by atoms with Gasteiger partial charge in [-0.2, -0.15) is 0 Å². The predicted molar refractivity (Wildman–Crippen MR) is 125 cm³/mol. The Balaban J connectivity index is 1.74. The van der Waals surface area contributed by atoms with Crippen molar-refractivity contribution in [2.45, 2.75) is 26.7 Å². The molecule has 0 bridgehead atoms. The van der Waals surface area contributed by atoms with Crippen molar-refractivity contribution in [2.75, 3.05) is 0 Å². The first-order chi connectivity index (χ1) is 14.1. The zero-order valence-electron chi connectivity index (χ0n) is 17.2. The van der Waals surface area contributed by atoms with Gasteiger partial charge >= 0.3 is 0 Å². The molecule has 5 aromatic rings. The van der Waals surface area contributed by atoms with E-state index in [9.17, 15) is 0 Å². The van der Waals surface area contributed by atoms with Crippen LogP contribution in [0.5, 0.6) is 0 Å². The molecule has 29 heavy (non-hydrogen) atoms. The van der Waals surface area contributed by atoms with Crippen molar-refractivity contribution >= 4 is 21.8 Å². The van der Waals surface area contributed by atoms with Crippen LogP contribution in [0.1, 0.15) is 30.9 Å². The van der Waals surface area contributed by atoms with E-state index >= 15 is 0 Å². The lowest BCUT2D eigenvalue weighted by molar-refractivity contribution is 0.867. The molecule has 0 unspecified atom stereocenters. The predicted octanol–water partition coefficient (Wildman–Crippen LogP) is 7.88. The van der Waals surface area contributed by atoms with Crippen LogP contribution in [0.2, 0.25) is 0 Å². The van der Waals surface area contributed by atoms with E-state index < -0.39 is 0 Å². The number of nitrogens with zero attached hydrogens (tertiary/aromatic N) is 1. The Morgan fingerprint density at radius 1 is 0.621 bits per heavy atom. The summed E-state index contributed by atoms with van der Waals surface area (Å²) in [6.45, 7) is 6.62. The Bertz CT molecular complexity index is 1320. The van der Waals surface area contributed by atoms with Crippen LogP contribution < -0.4 is 0 Å². The van der Waals surface area contributed by atoms with Crippen molar-refractivity contribution in [3.8, 4) is 16.8 Å². The third-order valence-electron chi connectivity index (χ3n) is 5.84. The van der Waals surface area contributed by atoms with Gasteiger partial charge < -0.3 is 4.57 Å². The van der Waals surface area contributed by atoms with Crippen LogP contribution in [0.15, 0.2) is 91.0 Å². The van der Waals surface area contributed by atoms with Crippen molar-refractivity contribution in [3.63, 3.8) is 0 Å². The molecule has 0 aliphatic rings. The number of fused-ring (bicyclic) bond motifs is 3. The van der Waals surface area contributed by atoms with E-state index in [1.807, 2.05) is 0 Å². The average Bonchev–Trinajstić information content (AvgIpc) is 3.07. The third kappa shape index (κ3) is 3.03. The van der Waals surface area contributed by atoms with Gasteiger partial charge in [-0.15, -0.1) is 0 Å². The van der Waals surface area contributed by atoms with Crippen LogP contribution in [-0.2, 0) is 0 Å². The van der Waals surface area contributed by atoms with Crippen LogP contribution in [0.25, 0.3) is 38.6 Å². The van der Waals surface area contributed by atoms with E-state index in [0.29, 0.717) is 5.92 Å². The maximum absolute atomic E-state index is 2.38. The highest BCUT2D eigenvalue weighted by atomic mass is 15.0. The minimum Gasteiger partial charge on any atom is -0.309 e.